The second-order valence-corrected chi connectivity index (χ2v) is 5.75. The number of hydrogen-bond donors (Lipinski definition) is 0. The van der Waals surface area contributed by atoms with Gasteiger partial charge in [-0.1, -0.05) is 37.6 Å². The predicted molar refractivity (Wildman–Crippen MR) is 62.1 cm³/mol. The highest BCUT2D eigenvalue weighted by atomic mass is 14.4. The Balaban J connectivity index is 2.25. The van der Waals surface area contributed by atoms with Gasteiger partial charge >= 0.3 is 0 Å². The molecular formula is C14H22. The van der Waals surface area contributed by atoms with Crippen LogP contribution in [0.3, 0.4) is 0 Å². The Kier molecular flexibility index (Phi) is 2.33. The van der Waals surface area contributed by atoms with Crippen LogP contribution >= 0.6 is 0 Å². The molecule has 0 aliphatic heterocycles. The molecule has 0 heteroatoms. The van der Waals surface area contributed by atoms with Gasteiger partial charge in [-0.15, -0.1) is 0 Å². The molecule has 2 aliphatic rings. The van der Waals surface area contributed by atoms with E-state index in [9.17, 15) is 0 Å². The molecule has 0 bridgehead atoms. The summed E-state index contributed by atoms with van der Waals surface area (Å²) in [6, 6.07) is 0. The monoisotopic (exact) mass is 190 g/mol. The molecule has 2 aliphatic carbocycles. The van der Waals surface area contributed by atoms with Crippen LogP contribution in [-0.4, -0.2) is 0 Å². The summed E-state index contributed by atoms with van der Waals surface area (Å²) in [5.74, 6) is 1.55. The maximum absolute atomic E-state index is 4.23. The molecule has 2 unspecified atom stereocenters. The Morgan fingerprint density at radius 3 is 2.93 bits per heavy atom. The standard InChI is InChI=1S/C14H22/c1-10-5-6-14(4)9-12(3)11(2)8-13(14)7-10/h7,11,13H,3,5-6,8-9H2,1-2,4H3/t11?,13?,14-/m1/s1. The van der Waals surface area contributed by atoms with Crippen molar-refractivity contribution in [2.75, 3.05) is 0 Å². The van der Waals surface area contributed by atoms with Gasteiger partial charge in [-0.2, -0.15) is 0 Å². The number of rotatable bonds is 0. The van der Waals surface area contributed by atoms with Gasteiger partial charge in [-0.25, -0.2) is 0 Å². The molecule has 0 saturated heterocycles. The van der Waals surface area contributed by atoms with Crippen LogP contribution in [0.1, 0.15) is 46.5 Å². The average Bonchev–Trinajstić information content (AvgIpc) is 2.10. The van der Waals surface area contributed by atoms with E-state index in [0.29, 0.717) is 5.41 Å². The first-order valence-electron chi connectivity index (χ1n) is 5.86. The third kappa shape index (κ3) is 1.55. The van der Waals surface area contributed by atoms with E-state index < -0.39 is 0 Å². The fourth-order valence-corrected chi connectivity index (χ4v) is 3.11. The summed E-state index contributed by atoms with van der Waals surface area (Å²) in [7, 11) is 0. The van der Waals surface area contributed by atoms with Crippen LogP contribution in [0.5, 0.6) is 0 Å². The Morgan fingerprint density at radius 2 is 2.21 bits per heavy atom. The zero-order valence-corrected chi connectivity index (χ0v) is 9.77. The van der Waals surface area contributed by atoms with Crippen LogP contribution in [0, 0.1) is 17.3 Å². The van der Waals surface area contributed by atoms with Gasteiger partial charge in [0, 0.05) is 0 Å². The summed E-state index contributed by atoms with van der Waals surface area (Å²) in [6.45, 7) is 11.3. The molecule has 1 saturated carbocycles. The zero-order valence-electron chi connectivity index (χ0n) is 9.77. The summed E-state index contributed by atoms with van der Waals surface area (Å²) >= 11 is 0. The van der Waals surface area contributed by atoms with Crippen molar-refractivity contribution in [1.29, 1.82) is 0 Å². The van der Waals surface area contributed by atoms with Crippen LogP contribution in [-0.2, 0) is 0 Å². The minimum atomic E-state index is 0.531. The third-order valence-electron chi connectivity index (χ3n) is 4.41. The van der Waals surface area contributed by atoms with Crippen LogP contribution in [0.4, 0.5) is 0 Å². The minimum Gasteiger partial charge on any atom is -0.0996 e. The first kappa shape index (κ1) is 10.0. The molecule has 0 spiro atoms. The van der Waals surface area contributed by atoms with E-state index in [2.05, 4.69) is 33.4 Å². The molecule has 0 N–H and O–H groups in total. The summed E-state index contributed by atoms with van der Waals surface area (Å²) < 4.78 is 0. The van der Waals surface area contributed by atoms with Gasteiger partial charge in [0.15, 0.2) is 0 Å². The smallest absolute Gasteiger partial charge is 0.0168 e. The van der Waals surface area contributed by atoms with Crippen molar-refractivity contribution < 1.29 is 0 Å². The van der Waals surface area contributed by atoms with Gasteiger partial charge in [-0.3, -0.25) is 0 Å². The lowest BCUT2D eigenvalue weighted by molar-refractivity contribution is 0.138. The molecule has 0 amide bonds. The van der Waals surface area contributed by atoms with Gasteiger partial charge in [-0.05, 0) is 49.9 Å². The third-order valence-corrected chi connectivity index (χ3v) is 4.41. The van der Waals surface area contributed by atoms with E-state index in [1.165, 1.54) is 31.3 Å². The predicted octanol–water partition coefficient (Wildman–Crippen LogP) is 4.34. The van der Waals surface area contributed by atoms with E-state index in [-0.39, 0.29) is 0 Å². The zero-order chi connectivity index (χ0) is 10.3. The maximum Gasteiger partial charge on any atom is -0.0168 e. The summed E-state index contributed by atoms with van der Waals surface area (Å²) in [4.78, 5) is 0. The van der Waals surface area contributed by atoms with E-state index in [0.717, 1.165) is 11.8 Å². The first-order valence-corrected chi connectivity index (χ1v) is 5.86. The molecule has 0 heterocycles. The number of hydrogen-bond acceptors (Lipinski definition) is 0. The van der Waals surface area contributed by atoms with Crippen LogP contribution < -0.4 is 0 Å². The van der Waals surface area contributed by atoms with Gasteiger partial charge in [0.1, 0.15) is 0 Å². The van der Waals surface area contributed by atoms with Crippen LogP contribution in [0.25, 0.3) is 0 Å². The average molecular weight is 190 g/mol. The van der Waals surface area contributed by atoms with E-state index >= 15 is 0 Å². The van der Waals surface area contributed by atoms with Crippen LogP contribution in [0.2, 0.25) is 0 Å². The van der Waals surface area contributed by atoms with Gasteiger partial charge in [0.25, 0.3) is 0 Å². The van der Waals surface area contributed by atoms with Crippen LogP contribution in [0.15, 0.2) is 23.8 Å². The lowest BCUT2D eigenvalue weighted by Gasteiger charge is -2.46. The molecule has 1 fully saturated rings. The number of allylic oxidation sites excluding steroid dienone is 3. The molecule has 0 nitrogen and oxygen atoms in total. The second-order valence-electron chi connectivity index (χ2n) is 5.75. The molecule has 78 valence electrons. The highest BCUT2D eigenvalue weighted by Gasteiger charge is 2.40. The van der Waals surface area contributed by atoms with Gasteiger partial charge < -0.3 is 0 Å². The normalized spacial score (nSPS) is 43.1. The van der Waals surface area contributed by atoms with Crippen molar-refractivity contribution in [2.24, 2.45) is 17.3 Å². The lowest BCUT2D eigenvalue weighted by Crippen LogP contribution is -2.35. The first-order chi connectivity index (χ1) is 6.51. The van der Waals surface area contributed by atoms with Crippen molar-refractivity contribution in [3.8, 4) is 0 Å². The summed E-state index contributed by atoms with van der Waals surface area (Å²) in [5, 5.41) is 0. The van der Waals surface area contributed by atoms with Gasteiger partial charge in [0.2, 0.25) is 0 Å². The van der Waals surface area contributed by atoms with Crippen molar-refractivity contribution in [2.45, 2.75) is 46.5 Å². The fraction of sp³-hybridized carbons (Fsp3) is 0.714. The van der Waals surface area contributed by atoms with Crippen molar-refractivity contribution >= 4 is 0 Å². The van der Waals surface area contributed by atoms with E-state index in [4.69, 9.17) is 0 Å². The molecule has 0 radical (unpaired) electrons. The summed E-state index contributed by atoms with van der Waals surface area (Å²) in [5.41, 5.74) is 3.62. The van der Waals surface area contributed by atoms with Crippen molar-refractivity contribution in [1.82, 2.24) is 0 Å². The lowest BCUT2D eigenvalue weighted by atomic mass is 9.58. The quantitative estimate of drug-likeness (QED) is 0.499. The van der Waals surface area contributed by atoms with E-state index in [1.54, 1.807) is 5.57 Å². The Labute approximate surface area is 88.1 Å². The Hall–Kier alpha value is -0.520. The summed E-state index contributed by atoms with van der Waals surface area (Å²) in [6.07, 6.45) is 7.78. The molecule has 0 aromatic heterocycles. The van der Waals surface area contributed by atoms with E-state index in [1.807, 2.05) is 0 Å². The largest absolute Gasteiger partial charge is 0.0996 e. The molecule has 14 heavy (non-hydrogen) atoms. The Bertz CT molecular complexity index is 284. The van der Waals surface area contributed by atoms with Crippen molar-refractivity contribution in [3.05, 3.63) is 23.8 Å². The molecule has 0 aromatic rings. The Morgan fingerprint density at radius 1 is 1.50 bits per heavy atom. The molecule has 2 rings (SSSR count). The van der Waals surface area contributed by atoms with Crippen molar-refractivity contribution in [3.63, 3.8) is 0 Å². The number of fused-ring (bicyclic) bond motifs is 1. The fourth-order valence-electron chi connectivity index (χ4n) is 3.11. The SMILES string of the molecule is C=C1C[C@@]2(C)CCC(C)=CC2CC1C. The van der Waals surface area contributed by atoms with Gasteiger partial charge in [0.05, 0.1) is 0 Å². The highest BCUT2D eigenvalue weighted by molar-refractivity contribution is 5.19. The molecule has 0 aromatic carbocycles. The topological polar surface area (TPSA) is 0 Å². The minimum absolute atomic E-state index is 0.531. The molecule has 3 atom stereocenters. The highest BCUT2D eigenvalue weighted by Crippen LogP contribution is 2.51. The second kappa shape index (κ2) is 3.25. The maximum atomic E-state index is 4.23. The molecular weight excluding hydrogens is 168 g/mol.